The molecule has 0 heterocycles. The van der Waals surface area contributed by atoms with Gasteiger partial charge in [-0.2, -0.15) is 0 Å². The first-order chi connectivity index (χ1) is 5.41. The van der Waals surface area contributed by atoms with Gasteiger partial charge in [-0.25, -0.2) is 0 Å². The van der Waals surface area contributed by atoms with Gasteiger partial charge in [0.15, 0.2) is 0 Å². The van der Waals surface area contributed by atoms with E-state index < -0.39 is 34.4 Å². The van der Waals surface area contributed by atoms with Crippen LogP contribution < -0.4 is 0 Å². The van der Waals surface area contributed by atoms with Gasteiger partial charge in [-0.05, 0) is 0 Å². The van der Waals surface area contributed by atoms with E-state index in [0.29, 0.717) is 0 Å². The summed E-state index contributed by atoms with van der Waals surface area (Å²) >= 11 is 0. The van der Waals surface area contributed by atoms with Crippen LogP contribution in [0.25, 0.3) is 0 Å². The molecule has 0 amide bonds. The molecule has 11 heteroatoms. The molecule has 8 nitrogen and oxygen atoms in total. The third-order valence-corrected chi connectivity index (χ3v) is 7.29. The standard InChI is InChI=1S/C2H9O8P3/c3-11(4,1-12(5,6)7)2-13(8,9)10/h1-2H2,(H,3,4)(H2,5,6,7)(H2,8,9,10). The van der Waals surface area contributed by atoms with Gasteiger partial charge < -0.3 is 24.5 Å². The quantitative estimate of drug-likeness (QED) is 0.422. The molecule has 0 rings (SSSR count). The van der Waals surface area contributed by atoms with E-state index in [4.69, 9.17) is 24.5 Å². The molecule has 0 radical (unpaired) electrons. The summed E-state index contributed by atoms with van der Waals surface area (Å²) in [5, 5.41) is 0. The van der Waals surface area contributed by atoms with Crippen molar-refractivity contribution in [1.29, 1.82) is 0 Å². The Bertz CT molecular complexity index is 279. The Morgan fingerprint density at radius 2 is 0.923 bits per heavy atom. The van der Waals surface area contributed by atoms with Gasteiger partial charge in [0.05, 0.1) is 0 Å². The topological polar surface area (TPSA) is 152 Å². The Labute approximate surface area is 73.4 Å². The summed E-state index contributed by atoms with van der Waals surface area (Å²) in [6.45, 7) is 0. The third kappa shape index (κ3) is 8.81. The van der Waals surface area contributed by atoms with Crippen molar-refractivity contribution in [2.24, 2.45) is 0 Å². The van der Waals surface area contributed by atoms with Crippen molar-refractivity contribution in [2.45, 2.75) is 0 Å². The van der Waals surface area contributed by atoms with Gasteiger partial charge in [0.2, 0.25) is 7.37 Å². The summed E-state index contributed by atoms with van der Waals surface area (Å²) in [5.74, 6) is -2.82. The first-order valence-corrected chi connectivity index (χ1v) is 8.44. The van der Waals surface area contributed by atoms with E-state index in [0.717, 1.165) is 0 Å². The molecule has 0 saturated carbocycles. The molecule has 0 fully saturated rings. The minimum atomic E-state index is -4.73. The lowest BCUT2D eigenvalue weighted by Gasteiger charge is -2.12. The Balaban J connectivity index is 4.54. The predicted molar refractivity (Wildman–Crippen MR) is 43.6 cm³/mol. The lowest BCUT2D eigenvalue weighted by molar-refractivity contribution is 0.373. The average Bonchev–Trinajstić information content (AvgIpc) is 1.43. The zero-order chi connectivity index (χ0) is 10.9. The lowest BCUT2D eigenvalue weighted by Crippen LogP contribution is -1.96. The highest BCUT2D eigenvalue weighted by Crippen LogP contribution is 2.61. The van der Waals surface area contributed by atoms with Crippen LogP contribution in [0.2, 0.25) is 0 Å². The van der Waals surface area contributed by atoms with Crippen LogP contribution in [0.5, 0.6) is 0 Å². The summed E-state index contributed by atoms with van der Waals surface area (Å²) in [6.07, 6.45) is 0. The average molecular weight is 254 g/mol. The number of hydrogen-bond acceptors (Lipinski definition) is 3. The first kappa shape index (κ1) is 13.5. The molecule has 0 bridgehead atoms. The Hall–Kier alpha value is 0.490. The van der Waals surface area contributed by atoms with Crippen molar-refractivity contribution in [1.82, 2.24) is 0 Å². The third-order valence-electron chi connectivity index (χ3n) is 0.810. The number of hydrogen-bond donors (Lipinski definition) is 5. The van der Waals surface area contributed by atoms with Crippen molar-refractivity contribution in [3.05, 3.63) is 0 Å². The fourth-order valence-electron chi connectivity index (χ4n) is 0.620. The van der Waals surface area contributed by atoms with Crippen LogP contribution in [0.3, 0.4) is 0 Å². The smallest absolute Gasteiger partial charge is 0.335 e. The molecular formula is C2H9O8P3. The van der Waals surface area contributed by atoms with Crippen molar-refractivity contribution in [2.75, 3.05) is 11.8 Å². The van der Waals surface area contributed by atoms with Crippen LogP contribution >= 0.6 is 22.6 Å². The Kier molecular flexibility index (Phi) is 4.08. The summed E-state index contributed by atoms with van der Waals surface area (Å²) < 4.78 is 31.3. The van der Waals surface area contributed by atoms with Crippen molar-refractivity contribution in [3.63, 3.8) is 0 Å². The molecule has 0 aliphatic rings. The van der Waals surface area contributed by atoms with Gasteiger partial charge in [0.25, 0.3) is 0 Å². The monoisotopic (exact) mass is 254 g/mol. The summed E-state index contributed by atoms with van der Waals surface area (Å²) in [6, 6.07) is 0. The molecule has 5 N–H and O–H groups in total. The van der Waals surface area contributed by atoms with E-state index in [1.165, 1.54) is 0 Å². The molecule has 0 atom stereocenters. The van der Waals surface area contributed by atoms with Crippen molar-refractivity contribution in [3.8, 4) is 0 Å². The fourth-order valence-corrected chi connectivity index (χ4v) is 6.39. The molecular weight excluding hydrogens is 245 g/mol. The second-order valence-electron chi connectivity index (χ2n) is 2.46. The van der Waals surface area contributed by atoms with Crippen molar-refractivity contribution >= 4 is 22.6 Å². The fraction of sp³-hybridized carbons (Fsp3) is 1.00. The maximum atomic E-state index is 10.8. The molecule has 0 unspecified atom stereocenters. The highest BCUT2D eigenvalue weighted by molar-refractivity contribution is 7.79. The van der Waals surface area contributed by atoms with Gasteiger partial charge >= 0.3 is 15.2 Å². The van der Waals surface area contributed by atoms with Crippen LogP contribution in [-0.2, 0) is 13.7 Å². The van der Waals surface area contributed by atoms with Crippen LogP contribution in [-0.4, -0.2) is 36.3 Å². The summed E-state index contributed by atoms with van der Waals surface area (Å²) in [5.41, 5.74) is 0. The van der Waals surface area contributed by atoms with Gasteiger partial charge in [-0.1, -0.05) is 0 Å². The van der Waals surface area contributed by atoms with Crippen LogP contribution in [0.1, 0.15) is 0 Å². The van der Waals surface area contributed by atoms with Crippen LogP contribution in [0.15, 0.2) is 0 Å². The molecule has 80 valence electrons. The minimum Gasteiger partial charge on any atom is -0.343 e. The maximum absolute atomic E-state index is 10.8. The molecule has 0 spiro atoms. The summed E-state index contributed by atoms with van der Waals surface area (Å²) in [4.78, 5) is 41.9. The SMILES string of the molecule is O=P(O)(O)CP(=O)(O)CP(=O)(O)O. The normalized spacial score (nSPS) is 14.5. The largest absolute Gasteiger partial charge is 0.343 e. The van der Waals surface area contributed by atoms with Gasteiger partial charge in [0.1, 0.15) is 11.8 Å². The van der Waals surface area contributed by atoms with E-state index in [9.17, 15) is 13.7 Å². The zero-order valence-electron chi connectivity index (χ0n) is 6.22. The first-order valence-electron chi connectivity index (χ1n) is 2.81. The molecule has 0 aromatic rings. The van der Waals surface area contributed by atoms with Crippen molar-refractivity contribution < 1.29 is 38.2 Å². The number of rotatable bonds is 4. The molecule has 0 aliphatic heterocycles. The molecule has 0 aliphatic carbocycles. The molecule has 0 aromatic carbocycles. The molecule has 0 saturated heterocycles. The minimum absolute atomic E-state index is 1.41. The molecule has 0 aromatic heterocycles. The molecule has 13 heavy (non-hydrogen) atoms. The predicted octanol–water partition coefficient (Wildman–Crippen LogP) is -0.473. The Morgan fingerprint density at radius 1 is 0.692 bits per heavy atom. The van der Waals surface area contributed by atoms with Crippen LogP contribution in [0, 0.1) is 0 Å². The van der Waals surface area contributed by atoms with Gasteiger partial charge in [-0.15, -0.1) is 0 Å². The lowest BCUT2D eigenvalue weighted by atomic mass is 11.9. The van der Waals surface area contributed by atoms with E-state index in [-0.39, 0.29) is 0 Å². The summed E-state index contributed by atoms with van der Waals surface area (Å²) in [7, 11) is -13.9. The Morgan fingerprint density at radius 3 is 1.08 bits per heavy atom. The van der Waals surface area contributed by atoms with Crippen LogP contribution in [0.4, 0.5) is 0 Å². The maximum Gasteiger partial charge on any atom is 0.335 e. The zero-order valence-corrected chi connectivity index (χ0v) is 8.90. The van der Waals surface area contributed by atoms with Gasteiger partial charge in [0, 0.05) is 0 Å². The van der Waals surface area contributed by atoms with E-state index in [1.807, 2.05) is 0 Å². The second-order valence-corrected chi connectivity index (χ2v) is 9.07. The second kappa shape index (κ2) is 3.93. The van der Waals surface area contributed by atoms with E-state index in [1.54, 1.807) is 0 Å². The van der Waals surface area contributed by atoms with Gasteiger partial charge in [-0.3, -0.25) is 13.7 Å². The van der Waals surface area contributed by atoms with E-state index >= 15 is 0 Å². The highest BCUT2D eigenvalue weighted by Gasteiger charge is 2.35. The highest BCUT2D eigenvalue weighted by atomic mass is 31.3. The van der Waals surface area contributed by atoms with E-state index in [2.05, 4.69) is 0 Å².